The molecule has 0 heterocycles. The number of hydrogen-bond acceptors (Lipinski definition) is 3. The Balaban J connectivity index is 3.37. The first-order chi connectivity index (χ1) is 6.90. The molecule has 0 atom stereocenters. The Labute approximate surface area is 90.6 Å². The second kappa shape index (κ2) is 4.11. The van der Waals surface area contributed by atoms with Crippen LogP contribution in [-0.4, -0.2) is 19.3 Å². The van der Waals surface area contributed by atoms with Crippen LogP contribution in [-0.2, 0) is 5.60 Å². The number of aliphatic hydroxyl groups is 1. The van der Waals surface area contributed by atoms with Gasteiger partial charge in [0.05, 0.1) is 19.8 Å². The molecule has 0 unspecified atom stereocenters. The number of benzene rings is 1. The van der Waals surface area contributed by atoms with Crippen LogP contribution in [0.5, 0.6) is 11.5 Å². The fourth-order valence-electron chi connectivity index (χ4n) is 1.63. The minimum Gasteiger partial charge on any atom is -0.497 e. The van der Waals surface area contributed by atoms with Crippen LogP contribution in [0.3, 0.4) is 0 Å². The first kappa shape index (κ1) is 11.9. The molecular formula is C12H18O3. The fourth-order valence-corrected chi connectivity index (χ4v) is 1.63. The number of rotatable bonds is 3. The predicted octanol–water partition coefficient (Wildman–Crippen LogP) is 2.24. The highest BCUT2D eigenvalue weighted by molar-refractivity contribution is 5.47. The molecule has 1 N–H and O–H groups in total. The fraction of sp³-hybridized carbons (Fsp3) is 0.500. The van der Waals surface area contributed by atoms with E-state index in [9.17, 15) is 5.11 Å². The largest absolute Gasteiger partial charge is 0.497 e. The maximum atomic E-state index is 10.00. The van der Waals surface area contributed by atoms with Crippen LogP contribution in [0.2, 0.25) is 0 Å². The molecule has 0 aliphatic carbocycles. The lowest BCUT2D eigenvalue weighted by Crippen LogP contribution is -2.17. The highest BCUT2D eigenvalue weighted by Gasteiger charge is 2.21. The Morgan fingerprint density at radius 1 is 1.13 bits per heavy atom. The van der Waals surface area contributed by atoms with E-state index >= 15 is 0 Å². The van der Waals surface area contributed by atoms with Gasteiger partial charge in [0.2, 0.25) is 0 Å². The molecule has 0 saturated carbocycles. The summed E-state index contributed by atoms with van der Waals surface area (Å²) in [4.78, 5) is 0. The lowest BCUT2D eigenvalue weighted by atomic mass is 9.93. The average molecular weight is 210 g/mol. The summed E-state index contributed by atoms with van der Waals surface area (Å²) in [6.45, 7) is 5.41. The van der Waals surface area contributed by atoms with Crippen molar-refractivity contribution < 1.29 is 14.6 Å². The minimum atomic E-state index is -0.897. The van der Waals surface area contributed by atoms with E-state index in [2.05, 4.69) is 0 Å². The molecule has 0 radical (unpaired) electrons. The zero-order valence-corrected chi connectivity index (χ0v) is 9.92. The van der Waals surface area contributed by atoms with E-state index < -0.39 is 5.60 Å². The smallest absolute Gasteiger partial charge is 0.125 e. The Morgan fingerprint density at radius 3 is 2.13 bits per heavy atom. The Morgan fingerprint density at radius 2 is 1.73 bits per heavy atom. The molecule has 15 heavy (non-hydrogen) atoms. The molecule has 0 amide bonds. The Hall–Kier alpha value is -1.22. The number of ether oxygens (including phenoxy) is 2. The summed E-state index contributed by atoms with van der Waals surface area (Å²) in [5, 5.41) is 10.00. The van der Waals surface area contributed by atoms with Crippen molar-refractivity contribution in [1.29, 1.82) is 0 Å². The van der Waals surface area contributed by atoms with Gasteiger partial charge in [-0.1, -0.05) is 0 Å². The number of hydrogen-bond donors (Lipinski definition) is 1. The first-order valence-electron chi connectivity index (χ1n) is 4.85. The van der Waals surface area contributed by atoms with Crippen LogP contribution in [0, 0.1) is 6.92 Å². The van der Waals surface area contributed by atoms with E-state index in [0.29, 0.717) is 5.75 Å². The predicted molar refractivity (Wildman–Crippen MR) is 59.5 cm³/mol. The number of methoxy groups -OCH3 is 2. The monoisotopic (exact) mass is 210 g/mol. The third kappa shape index (κ3) is 2.42. The molecule has 1 aromatic carbocycles. The van der Waals surface area contributed by atoms with Gasteiger partial charge in [-0.2, -0.15) is 0 Å². The molecule has 1 aromatic rings. The van der Waals surface area contributed by atoms with Crippen LogP contribution in [0.15, 0.2) is 12.1 Å². The third-order valence-electron chi connectivity index (χ3n) is 2.45. The summed E-state index contributed by atoms with van der Waals surface area (Å²) >= 11 is 0. The van der Waals surface area contributed by atoms with Crippen LogP contribution in [0.1, 0.15) is 25.0 Å². The van der Waals surface area contributed by atoms with Crippen molar-refractivity contribution in [3.63, 3.8) is 0 Å². The molecule has 0 aromatic heterocycles. The summed E-state index contributed by atoms with van der Waals surface area (Å²) in [5.41, 5.74) is 0.857. The van der Waals surface area contributed by atoms with Crippen molar-refractivity contribution in [3.8, 4) is 11.5 Å². The van der Waals surface area contributed by atoms with Crippen molar-refractivity contribution >= 4 is 0 Å². The van der Waals surface area contributed by atoms with Gasteiger partial charge in [0.15, 0.2) is 0 Å². The van der Waals surface area contributed by atoms with Gasteiger partial charge in [-0.05, 0) is 38.0 Å². The molecule has 0 aliphatic rings. The van der Waals surface area contributed by atoms with E-state index in [1.165, 1.54) is 0 Å². The van der Waals surface area contributed by atoms with Gasteiger partial charge in [0.1, 0.15) is 11.5 Å². The van der Waals surface area contributed by atoms with Gasteiger partial charge >= 0.3 is 0 Å². The van der Waals surface area contributed by atoms with Crippen molar-refractivity contribution in [2.75, 3.05) is 14.2 Å². The van der Waals surface area contributed by atoms with Crippen LogP contribution >= 0.6 is 0 Å². The molecule has 0 fully saturated rings. The molecule has 3 heteroatoms. The van der Waals surface area contributed by atoms with Gasteiger partial charge < -0.3 is 14.6 Å². The Bertz CT molecular complexity index is 351. The van der Waals surface area contributed by atoms with Gasteiger partial charge in [-0.25, -0.2) is 0 Å². The molecule has 0 aliphatic heterocycles. The molecule has 0 bridgehead atoms. The molecule has 1 rings (SSSR count). The van der Waals surface area contributed by atoms with Gasteiger partial charge in [-0.3, -0.25) is 0 Å². The second-order valence-corrected chi connectivity index (χ2v) is 4.06. The molecule has 3 nitrogen and oxygen atoms in total. The maximum Gasteiger partial charge on any atom is 0.125 e. The van der Waals surface area contributed by atoms with E-state index in [-0.39, 0.29) is 0 Å². The minimum absolute atomic E-state index is 0.689. The van der Waals surface area contributed by atoms with E-state index in [1.807, 2.05) is 19.1 Å². The molecule has 84 valence electrons. The molecular weight excluding hydrogens is 192 g/mol. The summed E-state index contributed by atoms with van der Waals surface area (Å²) in [5.74, 6) is 1.42. The normalized spacial score (nSPS) is 11.3. The quantitative estimate of drug-likeness (QED) is 0.831. The Kier molecular flexibility index (Phi) is 3.25. The summed E-state index contributed by atoms with van der Waals surface area (Å²) in [6, 6.07) is 3.64. The second-order valence-electron chi connectivity index (χ2n) is 4.06. The van der Waals surface area contributed by atoms with Crippen molar-refractivity contribution in [3.05, 3.63) is 23.3 Å². The lowest BCUT2D eigenvalue weighted by molar-refractivity contribution is 0.0773. The van der Waals surface area contributed by atoms with Crippen molar-refractivity contribution in [2.45, 2.75) is 26.4 Å². The van der Waals surface area contributed by atoms with Gasteiger partial charge in [-0.15, -0.1) is 0 Å². The standard InChI is InChI=1S/C12H18O3/c1-8-10(12(2,3)13)6-9(14-4)7-11(8)15-5/h6-7,13H,1-5H3. The van der Waals surface area contributed by atoms with Crippen LogP contribution < -0.4 is 9.47 Å². The summed E-state index contributed by atoms with van der Waals surface area (Å²) < 4.78 is 10.4. The first-order valence-corrected chi connectivity index (χ1v) is 4.85. The van der Waals surface area contributed by atoms with Crippen LogP contribution in [0.25, 0.3) is 0 Å². The van der Waals surface area contributed by atoms with Gasteiger partial charge in [0.25, 0.3) is 0 Å². The van der Waals surface area contributed by atoms with Gasteiger partial charge in [0, 0.05) is 6.07 Å². The zero-order valence-electron chi connectivity index (χ0n) is 9.92. The van der Waals surface area contributed by atoms with E-state index in [1.54, 1.807) is 28.1 Å². The van der Waals surface area contributed by atoms with Crippen molar-refractivity contribution in [1.82, 2.24) is 0 Å². The highest BCUT2D eigenvalue weighted by Crippen LogP contribution is 2.33. The highest BCUT2D eigenvalue weighted by atomic mass is 16.5. The van der Waals surface area contributed by atoms with Crippen molar-refractivity contribution in [2.24, 2.45) is 0 Å². The third-order valence-corrected chi connectivity index (χ3v) is 2.45. The topological polar surface area (TPSA) is 38.7 Å². The SMILES string of the molecule is COc1cc(OC)c(C)c(C(C)(C)O)c1. The zero-order chi connectivity index (χ0) is 11.6. The summed E-state index contributed by atoms with van der Waals surface area (Å²) in [7, 11) is 3.20. The van der Waals surface area contributed by atoms with Crippen LogP contribution in [0.4, 0.5) is 0 Å². The molecule has 0 spiro atoms. The maximum absolute atomic E-state index is 10.00. The average Bonchev–Trinajstić information content (AvgIpc) is 2.16. The van der Waals surface area contributed by atoms with E-state index in [0.717, 1.165) is 16.9 Å². The molecule has 0 saturated heterocycles. The van der Waals surface area contributed by atoms with E-state index in [4.69, 9.17) is 9.47 Å². The lowest BCUT2D eigenvalue weighted by Gasteiger charge is -2.22. The summed E-state index contributed by atoms with van der Waals surface area (Å²) in [6.07, 6.45) is 0.